The second-order valence-corrected chi connectivity index (χ2v) is 4.39. The monoisotopic (exact) mass is 241 g/mol. The Bertz CT molecular complexity index is 465. The van der Waals surface area contributed by atoms with E-state index < -0.39 is 0 Å². The fourth-order valence-corrected chi connectivity index (χ4v) is 1.87. The van der Waals surface area contributed by atoms with E-state index in [1.807, 2.05) is 36.4 Å². The molecule has 0 unspecified atom stereocenters. The molecule has 0 fully saturated rings. The molecule has 17 heavy (non-hydrogen) atoms. The highest BCUT2D eigenvalue weighted by molar-refractivity contribution is 7.80. The fourth-order valence-electron chi connectivity index (χ4n) is 1.65. The van der Waals surface area contributed by atoms with Gasteiger partial charge in [0.25, 0.3) is 0 Å². The highest BCUT2D eigenvalue weighted by Crippen LogP contribution is 2.08. The van der Waals surface area contributed by atoms with Gasteiger partial charge in [-0.05, 0) is 24.1 Å². The summed E-state index contributed by atoms with van der Waals surface area (Å²) in [5.41, 5.74) is 2.38. The predicted molar refractivity (Wildman–Crippen MR) is 77.4 cm³/mol. The van der Waals surface area contributed by atoms with E-state index in [0.717, 1.165) is 23.5 Å². The Morgan fingerprint density at radius 3 is 2.12 bits per heavy atom. The number of hydrogen-bond donors (Lipinski definition) is 1. The molecule has 0 atom stereocenters. The van der Waals surface area contributed by atoms with Gasteiger partial charge in [-0.1, -0.05) is 60.7 Å². The van der Waals surface area contributed by atoms with Gasteiger partial charge in [-0.3, -0.25) is 0 Å². The highest BCUT2D eigenvalue weighted by atomic mass is 32.1. The van der Waals surface area contributed by atoms with Gasteiger partial charge >= 0.3 is 0 Å². The van der Waals surface area contributed by atoms with Crippen LogP contribution in [0.25, 0.3) is 0 Å². The van der Waals surface area contributed by atoms with Crippen LogP contribution in [0.2, 0.25) is 0 Å². The van der Waals surface area contributed by atoms with E-state index in [1.165, 1.54) is 5.56 Å². The van der Waals surface area contributed by atoms with Crippen LogP contribution in [0, 0.1) is 0 Å². The molecule has 2 aromatic rings. The highest BCUT2D eigenvalue weighted by Gasteiger charge is 1.98. The Morgan fingerprint density at radius 2 is 1.47 bits per heavy atom. The Kier molecular flexibility index (Phi) is 4.28. The summed E-state index contributed by atoms with van der Waals surface area (Å²) in [6.45, 7) is 0. The Labute approximate surface area is 107 Å². The molecule has 2 rings (SSSR count). The molecule has 0 aliphatic carbocycles. The molecule has 0 amide bonds. The Hall–Kier alpha value is -1.67. The minimum Gasteiger partial charge on any atom is -0.350 e. The lowest BCUT2D eigenvalue weighted by molar-refractivity contribution is 1.05. The average molecular weight is 241 g/mol. The number of para-hydroxylation sites is 1. The van der Waals surface area contributed by atoms with Gasteiger partial charge in [-0.15, -0.1) is 0 Å². The van der Waals surface area contributed by atoms with E-state index in [9.17, 15) is 0 Å². The van der Waals surface area contributed by atoms with Crippen molar-refractivity contribution in [1.82, 2.24) is 0 Å². The molecule has 2 heteroatoms. The summed E-state index contributed by atoms with van der Waals surface area (Å²) in [5.74, 6) is 0. The Balaban J connectivity index is 1.83. The van der Waals surface area contributed by atoms with E-state index in [4.69, 9.17) is 12.2 Å². The second-order valence-electron chi connectivity index (χ2n) is 3.90. The maximum Gasteiger partial charge on any atom is 0.0800 e. The second kappa shape index (κ2) is 6.16. The summed E-state index contributed by atoms with van der Waals surface area (Å²) in [6, 6.07) is 20.5. The van der Waals surface area contributed by atoms with Crippen molar-refractivity contribution in [2.45, 2.75) is 12.8 Å². The molecule has 0 aliphatic rings. The van der Waals surface area contributed by atoms with Crippen molar-refractivity contribution in [2.24, 2.45) is 0 Å². The summed E-state index contributed by atoms with van der Waals surface area (Å²) in [5, 5.41) is 3.24. The molecule has 86 valence electrons. The summed E-state index contributed by atoms with van der Waals surface area (Å²) >= 11 is 5.32. The van der Waals surface area contributed by atoms with Gasteiger partial charge in [0.15, 0.2) is 0 Å². The molecule has 0 spiro atoms. The SMILES string of the molecule is S=C(CCc1ccccc1)Nc1ccccc1. The van der Waals surface area contributed by atoms with Crippen LogP contribution < -0.4 is 5.32 Å². The maximum absolute atomic E-state index is 5.32. The number of thiocarbonyl (C=S) groups is 1. The normalized spacial score (nSPS) is 9.88. The largest absolute Gasteiger partial charge is 0.350 e. The van der Waals surface area contributed by atoms with Crippen molar-refractivity contribution in [1.29, 1.82) is 0 Å². The molecule has 0 saturated heterocycles. The van der Waals surface area contributed by atoms with Gasteiger partial charge in [-0.25, -0.2) is 0 Å². The summed E-state index contributed by atoms with van der Waals surface area (Å²) in [6.07, 6.45) is 1.87. The van der Waals surface area contributed by atoms with Crippen LogP contribution in [0.1, 0.15) is 12.0 Å². The third kappa shape index (κ3) is 4.00. The van der Waals surface area contributed by atoms with Crippen LogP contribution in [0.4, 0.5) is 5.69 Å². The van der Waals surface area contributed by atoms with Crippen molar-refractivity contribution in [3.05, 3.63) is 66.2 Å². The van der Waals surface area contributed by atoms with Crippen molar-refractivity contribution < 1.29 is 0 Å². The number of anilines is 1. The average Bonchev–Trinajstić information content (AvgIpc) is 2.39. The third-order valence-corrected chi connectivity index (χ3v) is 2.85. The van der Waals surface area contributed by atoms with Gasteiger partial charge in [0.1, 0.15) is 0 Å². The van der Waals surface area contributed by atoms with Crippen molar-refractivity contribution >= 4 is 22.9 Å². The predicted octanol–water partition coefficient (Wildman–Crippen LogP) is 4.06. The molecule has 0 aromatic heterocycles. The van der Waals surface area contributed by atoms with Gasteiger partial charge < -0.3 is 5.32 Å². The lowest BCUT2D eigenvalue weighted by atomic mass is 10.1. The molecular formula is C15H15NS. The number of aryl methyl sites for hydroxylation is 1. The molecular weight excluding hydrogens is 226 g/mol. The fraction of sp³-hybridized carbons (Fsp3) is 0.133. The minimum absolute atomic E-state index is 0.883. The van der Waals surface area contributed by atoms with E-state index in [0.29, 0.717) is 0 Å². The lowest BCUT2D eigenvalue weighted by Crippen LogP contribution is -2.09. The zero-order valence-electron chi connectivity index (χ0n) is 9.60. The van der Waals surface area contributed by atoms with E-state index in [1.54, 1.807) is 0 Å². The molecule has 1 nitrogen and oxygen atoms in total. The zero-order chi connectivity index (χ0) is 11.9. The van der Waals surface area contributed by atoms with Crippen LogP contribution in [-0.2, 0) is 6.42 Å². The summed E-state index contributed by atoms with van der Waals surface area (Å²) in [4.78, 5) is 0.889. The van der Waals surface area contributed by atoms with Crippen molar-refractivity contribution in [3.8, 4) is 0 Å². The van der Waals surface area contributed by atoms with Crippen LogP contribution in [0.3, 0.4) is 0 Å². The van der Waals surface area contributed by atoms with Crippen LogP contribution in [0.15, 0.2) is 60.7 Å². The molecule has 0 heterocycles. The first kappa shape index (κ1) is 11.8. The topological polar surface area (TPSA) is 12.0 Å². The first-order chi connectivity index (χ1) is 8.34. The number of benzene rings is 2. The maximum atomic E-state index is 5.32. The molecule has 0 aliphatic heterocycles. The van der Waals surface area contributed by atoms with Crippen molar-refractivity contribution in [3.63, 3.8) is 0 Å². The van der Waals surface area contributed by atoms with E-state index in [-0.39, 0.29) is 0 Å². The van der Waals surface area contributed by atoms with Gasteiger partial charge in [-0.2, -0.15) is 0 Å². The molecule has 1 N–H and O–H groups in total. The van der Waals surface area contributed by atoms with Gasteiger partial charge in [0.2, 0.25) is 0 Å². The third-order valence-electron chi connectivity index (χ3n) is 2.54. The lowest BCUT2D eigenvalue weighted by Gasteiger charge is -2.07. The molecule has 0 saturated carbocycles. The summed E-state index contributed by atoms with van der Waals surface area (Å²) < 4.78 is 0. The van der Waals surface area contributed by atoms with Gasteiger partial charge in [0.05, 0.1) is 4.99 Å². The number of rotatable bonds is 4. The smallest absolute Gasteiger partial charge is 0.0800 e. The van der Waals surface area contributed by atoms with E-state index in [2.05, 4.69) is 29.6 Å². The van der Waals surface area contributed by atoms with E-state index >= 15 is 0 Å². The molecule has 0 bridgehead atoms. The first-order valence-corrected chi connectivity index (χ1v) is 6.14. The Morgan fingerprint density at radius 1 is 0.882 bits per heavy atom. The van der Waals surface area contributed by atoms with Crippen LogP contribution in [-0.4, -0.2) is 4.99 Å². The summed E-state index contributed by atoms with van der Waals surface area (Å²) in [7, 11) is 0. The van der Waals surface area contributed by atoms with Crippen molar-refractivity contribution in [2.75, 3.05) is 5.32 Å². The van der Waals surface area contributed by atoms with Crippen LogP contribution >= 0.6 is 12.2 Å². The zero-order valence-corrected chi connectivity index (χ0v) is 10.4. The first-order valence-electron chi connectivity index (χ1n) is 5.73. The quantitative estimate of drug-likeness (QED) is 0.810. The molecule has 0 radical (unpaired) electrons. The molecule has 2 aromatic carbocycles. The van der Waals surface area contributed by atoms with Gasteiger partial charge in [0, 0.05) is 12.1 Å². The number of hydrogen-bond acceptors (Lipinski definition) is 1. The number of nitrogens with one attached hydrogen (secondary N) is 1. The van der Waals surface area contributed by atoms with Crippen LogP contribution in [0.5, 0.6) is 0 Å². The standard InChI is InChI=1S/C15H15NS/c17-15(16-14-9-5-2-6-10-14)12-11-13-7-3-1-4-8-13/h1-10H,11-12H2,(H,16,17). The minimum atomic E-state index is 0.883.